The zero-order chi connectivity index (χ0) is 12.3. The molecule has 2 rings (SSSR count). The number of aryl methyl sites for hydroxylation is 1. The van der Waals surface area contributed by atoms with Crippen molar-refractivity contribution in [3.63, 3.8) is 0 Å². The minimum atomic E-state index is 0.00269. The maximum absolute atomic E-state index is 11.7. The van der Waals surface area contributed by atoms with E-state index in [4.69, 9.17) is 5.73 Å². The quantitative estimate of drug-likeness (QED) is 0.790. The fraction of sp³-hybridized carbons (Fsp3) is 0.538. The van der Waals surface area contributed by atoms with Gasteiger partial charge in [-0.3, -0.25) is 9.78 Å². The first-order valence-corrected chi connectivity index (χ1v) is 6.09. The smallest absolute Gasteiger partial charge is 0.226 e. The van der Waals surface area contributed by atoms with Crippen LogP contribution in [0.5, 0.6) is 0 Å². The summed E-state index contributed by atoms with van der Waals surface area (Å²) in [5.74, 6) is 0.620. The van der Waals surface area contributed by atoms with Crippen LogP contribution in [0.3, 0.4) is 0 Å². The molecule has 1 aromatic heterocycles. The minimum Gasteiger partial charge on any atom is -0.354 e. The molecule has 1 atom stereocenters. The third-order valence-electron chi connectivity index (χ3n) is 3.21. The van der Waals surface area contributed by atoms with Crippen molar-refractivity contribution in [3.05, 3.63) is 29.6 Å². The Bertz CT molecular complexity index is 401. The van der Waals surface area contributed by atoms with Crippen LogP contribution in [0.2, 0.25) is 0 Å². The summed E-state index contributed by atoms with van der Waals surface area (Å²) < 4.78 is 0. The topological polar surface area (TPSA) is 68.0 Å². The Hall–Kier alpha value is -1.42. The van der Waals surface area contributed by atoms with Gasteiger partial charge in [-0.15, -0.1) is 0 Å². The molecule has 1 aromatic rings. The molecule has 1 unspecified atom stereocenters. The lowest BCUT2D eigenvalue weighted by molar-refractivity contribution is -0.120. The highest BCUT2D eigenvalue weighted by Gasteiger charge is 2.28. The molecular weight excluding hydrogens is 214 g/mol. The lowest BCUT2D eigenvalue weighted by Crippen LogP contribution is -2.39. The van der Waals surface area contributed by atoms with Gasteiger partial charge in [0.15, 0.2) is 0 Å². The van der Waals surface area contributed by atoms with Crippen molar-refractivity contribution < 1.29 is 4.79 Å². The highest BCUT2D eigenvalue weighted by molar-refractivity contribution is 5.78. The molecule has 1 aliphatic rings. The second-order valence-corrected chi connectivity index (χ2v) is 4.75. The molecule has 0 saturated heterocycles. The summed E-state index contributed by atoms with van der Waals surface area (Å²) in [5.41, 5.74) is 7.81. The highest BCUT2D eigenvalue weighted by atomic mass is 16.1. The Kier molecular flexibility index (Phi) is 3.74. The number of aromatic nitrogens is 1. The molecule has 92 valence electrons. The van der Waals surface area contributed by atoms with E-state index in [0.29, 0.717) is 18.9 Å². The van der Waals surface area contributed by atoms with Gasteiger partial charge >= 0.3 is 0 Å². The summed E-state index contributed by atoms with van der Waals surface area (Å²) >= 11 is 0. The second kappa shape index (κ2) is 5.27. The first-order valence-electron chi connectivity index (χ1n) is 6.09. The van der Waals surface area contributed by atoms with Crippen molar-refractivity contribution in [2.45, 2.75) is 32.2 Å². The molecule has 3 N–H and O–H groups in total. The number of nitrogens with zero attached hydrogens (tertiary/aromatic N) is 1. The minimum absolute atomic E-state index is 0.00269. The molecule has 0 spiro atoms. The third-order valence-corrected chi connectivity index (χ3v) is 3.21. The number of hydrogen-bond acceptors (Lipinski definition) is 3. The first-order chi connectivity index (χ1) is 8.16. The number of hydrogen-bond donors (Lipinski definition) is 2. The number of carbonyl (C=O) groups is 1. The molecule has 1 heterocycles. The van der Waals surface area contributed by atoms with Gasteiger partial charge in [-0.2, -0.15) is 0 Å². The van der Waals surface area contributed by atoms with Crippen LogP contribution in [0.15, 0.2) is 18.3 Å². The van der Waals surface area contributed by atoms with Crippen LogP contribution in [0.4, 0.5) is 0 Å². The predicted octanol–water partition coefficient (Wildman–Crippen LogP) is 0.786. The Balaban J connectivity index is 1.78. The molecule has 1 amide bonds. The van der Waals surface area contributed by atoms with E-state index in [1.807, 2.05) is 19.1 Å². The lowest BCUT2D eigenvalue weighted by atomic mass is 10.1. The predicted molar refractivity (Wildman–Crippen MR) is 66.4 cm³/mol. The van der Waals surface area contributed by atoms with E-state index < -0.39 is 0 Å². The van der Waals surface area contributed by atoms with Crippen molar-refractivity contribution in [2.75, 3.05) is 6.54 Å². The lowest BCUT2D eigenvalue weighted by Gasteiger charge is -2.11. The molecule has 1 fully saturated rings. The van der Waals surface area contributed by atoms with E-state index in [0.717, 1.165) is 11.3 Å². The normalized spacial score (nSPS) is 16.6. The molecule has 0 bridgehead atoms. The number of nitrogens with one attached hydrogen (secondary N) is 1. The van der Waals surface area contributed by atoms with Crippen LogP contribution < -0.4 is 11.1 Å². The number of rotatable bonds is 5. The van der Waals surface area contributed by atoms with E-state index in [1.54, 1.807) is 6.20 Å². The Morgan fingerprint density at radius 1 is 1.65 bits per heavy atom. The highest BCUT2D eigenvalue weighted by Crippen LogP contribution is 2.31. The van der Waals surface area contributed by atoms with E-state index >= 15 is 0 Å². The van der Waals surface area contributed by atoms with Gasteiger partial charge in [0.05, 0.1) is 12.1 Å². The van der Waals surface area contributed by atoms with E-state index in [1.165, 1.54) is 12.8 Å². The number of nitrogens with two attached hydrogens (primary N) is 1. The number of pyridine rings is 1. The maximum Gasteiger partial charge on any atom is 0.226 e. The summed E-state index contributed by atoms with van der Waals surface area (Å²) in [5, 5.41) is 2.88. The van der Waals surface area contributed by atoms with E-state index in [2.05, 4.69) is 10.3 Å². The number of amides is 1. The Morgan fingerprint density at radius 3 is 3.06 bits per heavy atom. The monoisotopic (exact) mass is 233 g/mol. The summed E-state index contributed by atoms with van der Waals surface area (Å²) in [7, 11) is 0. The van der Waals surface area contributed by atoms with Crippen molar-refractivity contribution in [3.8, 4) is 0 Å². The Morgan fingerprint density at radius 2 is 2.41 bits per heavy atom. The van der Waals surface area contributed by atoms with Gasteiger partial charge < -0.3 is 11.1 Å². The van der Waals surface area contributed by atoms with Gasteiger partial charge in [0, 0.05) is 18.8 Å². The van der Waals surface area contributed by atoms with Gasteiger partial charge in [0.25, 0.3) is 0 Å². The summed E-state index contributed by atoms with van der Waals surface area (Å²) in [6.07, 6.45) is 4.46. The SMILES string of the molecule is Cc1cccnc1CC(=O)NCC(N)C1CC1. The zero-order valence-corrected chi connectivity index (χ0v) is 10.1. The Labute approximate surface area is 102 Å². The van der Waals surface area contributed by atoms with Gasteiger partial charge in [-0.25, -0.2) is 0 Å². The molecule has 0 aliphatic heterocycles. The molecule has 4 nitrogen and oxygen atoms in total. The van der Waals surface area contributed by atoms with Crippen LogP contribution >= 0.6 is 0 Å². The van der Waals surface area contributed by atoms with Crippen molar-refractivity contribution in [2.24, 2.45) is 11.7 Å². The summed E-state index contributed by atoms with van der Waals surface area (Å²) in [4.78, 5) is 15.9. The van der Waals surface area contributed by atoms with Gasteiger partial charge in [-0.05, 0) is 37.3 Å². The third kappa shape index (κ3) is 3.53. The summed E-state index contributed by atoms with van der Waals surface area (Å²) in [6, 6.07) is 3.95. The molecule has 17 heavy (non-hydrogen) atoms. The average molecular weight is 233 g/mol. The van der Waals surface area contributed by atoms with Gasteiger partial charge in [0.2, 0.25) is 5.91 Å². The largest absolute Gasteiger partial charge is 0.354 e. The average Bonchev–Trinajstić information content (AvgIpc) is 3.13. The van der Waals surface area contributed by atoms with E-state index in [9.17, 15) is 4.79 Å². The fourth-order valence-electron chi connectivity index (χ4n) is 1.84. The molecule has 0 radical (unpaired) electrons. The zero-order valence-electron chi connectivity index (χ0n) is 10.1. The first kappa shape index (κ1) is 12.0. The van der Waals surface area contributed by atoms with Gasteiger partial charge in [-0.1, -0.05) is 6.07 Å². The molecule has 4 heteroatoms. The molecule has 1 aliphatic carbocycles. The molecular formula is C13H19N3O. The van der Waals surface area contributed by atoms with Gasteiger partial charge in [0.1, 0.15) is 0 Å². The van der Waals surface area contributed by atoms with E-state index in [-0.39, 0.29) is 11.9 Å². The standard InChI is InChI=1S/C13H19N3O/c1-9-3-2-6-15-12(9)7-13(17)16-8-11(14)10-4-5-10/h2-3,6,10-11H,4-5,7-8,14H2,1H3,(H,16,17). The van der Waals surface area contributed by atoms with Crippen LogP contribution in [0.1, 0.15) is 24.1 Å². The fourth-order valence-corrected chi connectivity index (χ4v) is 1.84. The van der Waals surface area contributed by atoms with Crippen LogP contribution in [0.25, 0.3) is 0 Å². The van der Waals surface area contributed by atoms with Crippen molar-refractivity contribution in [1.29, 1.82) is 0 Å². The maximum atomic E-state index is 11.7. The molecule has 1 saturated carbocycles. The van der Waals surface area contributed by atoms with Crippen LogP contribution in [-0.4, -0.2) is 23.5 Å². The number of carbonyl (C=O) groups excluding carboxylic acids is 1. The van der Waals surface area contributed by atoms with Crippen molar-refractivity contribution in [1.82, 2.24) is 10.3 Å². The van der Waals surface area contributed by atoms with Crippen LogP contribution in [-0.2, 0) is 11.2 Å². The second-order valence-electron chi connectivity index (χ2n) is 4.75. The van der Waals surface area contributed by atoms with Crippen molar-refractivity contribution >= 4 is 5.91 Å². The van der Waals surface area contributed by atoms with Crippen LogP contribution in [0, 0.1) is 12.8 Å². The molecule has 0 aromatic carbocycles. The summed E-state index contributed by atoms with van der Waals surface area (Å²) in [6.45, 7) is 2.54.